The average Bonchev–Trinajstić information content (AvgIpc) is 2.67. The third-order valence-corrected chi connectivity index (χ3v) is 4.35. The van der Waals surface area contributed by atoms with Crippen molar-refractivity contribution in [1.29, 1.82) is 5.26 Å². The molecule has 1 aliphatic rings. The topological polar surface area (TPSA) is 23.8 Å². The first kappa shape index (κ1) is 11.2. The van der Waals surface area contributed by atoms with Crippen LogP contribution in [0, 0.1) is 17.2 Å². The van der Waals surface area contributed by atoms with E-state index in [4.69, 9.17) is 5.26 Å². The first-order chi connectivity index (χ1) is 7.64. The SMILES string of the molecule is CCC1(C(C)C)CCc2ccc(C#N)cc21. The van der Waals surface area contributed by atoms with E-state index >= 15 is 0 Å². The van der Waals surface area contributed by atoms with Gasteiger partial charge in [-0.3, -0.25) is 0 Å². The van der Waals surface area contributed by atoms with Crippen LogP contribution >= 0.6 is 0 Å². The first-order valence-corrected chi connectivity index (χ1v) is 6.17. The standard InChI is InChI=1S/C15H19N/c1-4-15(11(2)3)8-7-13-6-5-12(10-16)9-14(13)15/h5-6,9,11H,4,7-8H2,1-3H3. The molecule has 0 aromatic heterocycles. The van der Waals surface area contributed by atoms with Crippen molar-refractivity contribution >= 4 is 0 Å². The number of nitriles is 1. The Morgan fingerprint density at radius 1 is 1.44 bits per heavy atom. The van der Waals surface area contributed by atoms with E-state index in [2.05, 4.69) is 39.0 Å². The Kier molecular flexibility index (Phi) is 2.76. The van der Waals surface area contributed by atoms with E-state index in [1.165, 1.54) is 30.4 Å². The van der Waals surface area contributed by atoms with E-state index in [-0.39, 0.29) is 0 Å². The van der Waals surface area contributed by atoms with E-state index in [0.29, 0.717) is 11.3 Å². The van der Waals surface area contributed by atoms with E-state index < -0.39 is 0 Å². The predicted octanol–water partition coefficient (Wildman–Crippen LogP) is 3.81. The van der Waals surface area contributed by atoms with Crippen molar-refractivity contribution in [2.45, 2.75) is 45.4 Å². The van der Waals surface area contributed by atoms with Gasteiger partial charge in [0, 0.05) is 0 Å². The molecule has 0 saturated heterocycles. The molecule has 0 bridgehead atoms. The summed E-state index contributed by atoms with van der Waals surface area (Å²) in [6, 6.07) is 8.47. The van der Waals surface area contributed by atoms with Crippen LogP contribution in [-0.2, 0) is 11.8 Å². The lowest BCUT2D eigenvalue weighted by Crippen LogP contribution is -2.28. The second-order valence-corrected chi connectivity index (χ2v) is 5.15. The van der Waals surface area contributed by atoms with Gasteiger partial charge in [-0.2, -0.15) is 5.26 Å². The van der Waals surface area contributed by atoms with Gasteiger partial charge in [0.15, 0.2) is 0 Å². The lowest BCUT2D eigenvalue weighted by molar-refractivity contribution is 0.294. The van der Waals surface area contributed by atoms with Crippen molar-refractivity contribution in [3.05, 3.63) is 34.9 Å². The summed E-state index contributed by atoms with van der Waals surface area (Å²) in [5.74, 6) is 0.646. The fourth-order valence-corrected chi connectivity index (χ4v) is 3.20. The molecule has 1 nitrogen and oxygen atoms in total. The van der Waals surface area contributed by atoms with Gasteiger partial charge in [0.2, 0.25) is 0 Å². The third kappa shape index (κ3) is 1.45. The van der Waals surface area contributed by atoms with Crippen molar-refractivity contribution in [1.82, 2.24) is 0 Å². The fraction of sp³-hybridized carbons (Fsp3) is 0.533. The molecule has 0 spiro atoms. The Morgan fingerprint density at radius 3 is 2.75 bits per heavy atom. The Labute approximate surface area is 98.1 Å². The van der Waals surface area contributed by atoms with Gasteiger partial charge in [0.05, 0.1) is 11.6 Å². The Bertz CT molecular complexity index is 439. The van der Waals surface area contributed by atoms with Crippen molar-refractivity contribution in [2.24, 2.45) is 5.92 Å². The van der Waals surface area contributed by atoms with Crippen LogP contribution < -0.4 is 0 Å². The van der Waals surface area contributed by atoms with Crippen LogP contribution in [0.5, 0.6) is 0 Å². The normalized spacial score (nSPS) is 23.2. The van der Waals surface area contributed by atoms with Gasteiger partial charge in [0.1, 0.15) is 0 Å². The molecule has 1 aromatic carbocycles. The van der Waals surface area contributed by atoms with Gasteiger partial charge in [-0.05, 0) is 53.9 Å². The Balaban J connectivity index is 2.56. The van der Waals surface area contributed by atoms with E-state index in [9.17, 15) is 0 Å². The third-order valence-electron chi connectivity index (χ3n) is 4.35. The number of rotatable bonds is 2. The second kappa shape index (κ2) is 3.94. The summed E-state index contributed by atoms with van der Waals surface area (Å²) in [6.45, 7) is 6.88. The van der Waals surface area contributed by atoms with Crippen molar-refractivity contribution < 1.29 is 0 Å². The van der Waals surface area contributed by atoms with Crippen LogP contribution in [0.3, 0.4) is 0 Å². The smallest absolute Gasteiger partial charge is 0.0991 e. The zero-order chi connectivity index (χ0) is 11.8. The zero-order valence-electron chi connectivity index (χ0n) is 10.4. The molecular weight excluding hydrogens is 194 g/mol. The van der Waals surface area contributed by atoms with Crippen LogP contribution in [0.25, 0.3) is 0 Å². The van der Waals surface area contributed by atoms with Gasteiger partial charge >= 0.3 is 0 Å². The highest BCUT2D eigenvalue weighted by Crippen LogP contribution is 2.46. The average molecular weight is 213 g/mol. The summed E-state index contributed by atoms with van der Waals surface area (Å²) in [6.07, 6.45) is 3.59. The minimum atomic E-state index is 0.308. The fourth-order valence-electron chi connectivity index (χ4n) is 3.20. The van der Waals surface area contributed by atoms with Crippen LogP contribution in [0.2, 0.25) is 0 Å². The number of hydrogen-bond donors (Lipinski definition) is 0. The molecule has 84 valence electrons. The van der Waals surface area contributed by atoms with Crippen LogP contribution in [0.1, 0.15) is 50.3 Å². The highest BCUT2D eigenvalue weighted by Gasteiger charge is 2.39. The zero-order valence-corrected chi connectivity index (χ0v) is 10.4. The summed E-state index contributed by atoms with van der Waals surface area (Å²) in [5, 5.41) is 9.00. The lowest BCUT2D eigenvalue weighted by Gasteiger charge is -2.33. The predicted molar refractivity (Wildman–Crippen MR) is 66.3 cm³/mol. The van der Waals surface area contributed by atoms with Gasteiger partial charge in [-0.15, -0.1) is 0 Å². The molecule has 0 N–H and O–H groups in total. The van der Waals surface area contributed by atoms with Gasteiger partial charge < -0.3 is 0 Å². The van der Waals surface area contributed by atoms with Crippen LogP contribution in [0.15, 0.2) is 18.2 Å². The van der Waals surface area contributed by atoms with Gasteiger partial charge in [-0.1, -0.05) is 26.8 Å². The Morgan fingerprint density at radius 2 is 2.19 bits per heavy atom. The van der Waals surface area contributed by atoms with Gasteiger partial charge in [-0.25, -0.2) is 0 Å². The summed E-state index contributed by atoms with van der Waals surface area (Å²) in [5.41, 5.74) is 4.00. The highest BCUT2D eigenvalue weighted by atomic mass is 14.4. The van der Waals surface area contributed by atoms with E-state index in [0.717, 1.165) is 5.56 Å². The molecule has 0 amide bonds. The van der Waals surface area contributed by atoms with E-state index in [1.807, 2.05) is 6.07 Å². The molecule has 16 heavy (non-hydrogen) atoms. The molecular formula is C15H19N. The Hall–Kier alpha value is -1.29. The molecule has 1 aliphatic carbocycles. The van der Waals surface area contributed by atoms with Gasteiger partial charge in [0.25, 0.3) is 0 Å². The number of fused-ring (bicyclic) bond motifs is 1. The maximum Gasteiger partial charge on any atom is 0.0991 e. The molecule has 0 saturated carbocycles. The number of hydrogen-bond acceptors (Lipinski definition) is 1. The minimum Gasteiger partial charge on any atom is -0.192 e. The summed E-state index contributed by atoms with van der Waals surface area (Å²) in [7, 11) is 0. The molecule has 0 aliphatic heterocycles. The first-order valence-electron chi connectivity index (χ1n) is 6.17. The summed E-state index contributed by atoms with van der Waals surface area (Å²) < 4.78 is 0. The molecule has 1 unspecified atom stereocenters. The molecule has 1 atom stereocenters. The highest BCUT2D eigenvalue weighted by molar-refractivity contribution is 5.45. The van der Waals surface area contributed by atoms with Crippen molar-refractivity contribution in [3.8, 4) is 6.07 Å². The quantitative estimate of drug-likeness (QED) is 0.733. The molecule has 1 heteroatoms. The molecule has 0 heterocycles. The van der Waals surface area contributed by atoms with Crippen molar-refractivity contribution in [3.63, 3.8) is 0 Å². The maximum absolute atomic E-state index is 9.00. The number of nitrogens with zero attached hydrogens (tertiary/aromatic N) is 1. The second-order valence-electron chi connectivity index (χ2n) is 5.15. The summed E-state index contributed by atoms with van der Waals surface area (Å²) >= 11 is 0. The monoisotopic (exact) mass is 213 g/mol. The lowest BCUT2D eigenvalue weighted by atomic mass is 9.70. The largest absolute Gasteiger partial charge is 0.192 e. The number of aryl methyl sites for hydroxylation is 1. The van der Waals surface area contributed by atoms with Crippen LogP contribution in [-0.4, -0.2) is 0 Å². The molecule has 1 aromatic rings. The van der Waals surface area contributed by atoms with E-state index in [1.54, 1.807) is 0 Å². The minimum absolute atomic E-state index is 0.308. The molecule has 0 radical (unpaired) electrons. The number of benzene rings is 1. The molecule has 2 rings (SSSR count). The van der Waals surface area contributed by atoms with Crippen LogP contribution in [0.4, 0.5) is 0 Å². The summed E-state index contributed by atoms with van der Waals surface area (Å²) in [4.78, 5) is 0. The van der Waals surface area contributed by atoms with Crippen molar-refractivity contribution in [2.75, 3.05) is 0 Å². The molecule has 0 fully saturated rings. The maximum atomic E-state index is 9.00.